The van der Waals surface area contributed by atoms with Gasteiger partial charge in [-0.25, -0.2) is 4.99 Å². The van der Waals surface area contributed by atoms with Crippen LogP contribution in [0.3, 0.4) is 0 Å². The molecule has 0 bridgehead atoms. The maximum atomic E-state index is 12.3. The number of fused-ring (bicyclic) bond motifs is 1. The zero-order valence-electron chi connectivity index (χ0n) is 18.7. The minimum Gasteiger partial charge on any atom is -0.493 e. The third-order valence-electron chi connectivity index (χ3n) is 5.56. The van der Waals surface area contributed by atoms with Crippen molar-refractivity contribution < 1.29 is 14.3 Å². The van der Waals surface area contributed by atoms with Gasteiger partial charge in [0.25, 0.3) is 5.91 Å². The van der Waals surface area contributed by atoms with Crippen molar-refractivity contribution in [1.29, 1.82) is 5.26 Å². The molecule has 6 nitrogen and oxygen atoms in total. The van der Waals surface area contributed by atoms with Crippen LogP contribution in [-0.2, 0) is 17.6 Å². The maximum Gasteiger partial charge on any atom is 0.262 e. The fourth-order valence-corrected chi connectivity index (χ4v) is 5.00. The van der Waals surface area contributed by atoms with Gasteiger partial charge in [-0.1, -0.05) is 18.2 Å². The van der Waals surface area contributed by atoms with Crippen LogP contribution in [0, 0.1) is 18.3 Å². The number of carbonyl (C=O) groups excluding carboxylic acids is 1. The lowest BCUT2D eigenvalue weighted by Gasteiger charge is -2.12. The van der Waals surface area contributed by atoms with E-state index in [1.807, 2.05) is 37.3 Å². The lowest BCUT2D eigenvalue weighted by Crippen LogP contribution is -2.20. The van der Waals surface area contributed by atoms with Crippen LogP contribution in [0.2, 0.25) is 0 Å². The van der Waals surface area contributed by atoms with E-state index in [-0.39, 0.29) is 12.5 Å². The molecule has 0 aliphatic heterocycles. The molecule has 0 unspecified atom stereocenters. The normalized spacial score (nSPS) is 12.8. The molecular formula is C26H25N3O3S. The molecule has 1 amide bonds. The lowest BCUT2D eigenvalue weighted by molar-refractivity contribution is -0.118. The summed E-state index contributed by atoms with van der Waals surface area (Å²) in [6.45, 7) is 1.80. The number of nitrogens with zero attached hydrogens (tertiary/aromatic N) is 2. The fourth-order valence-electron chi connectivity index (χ4n) is 3.82. The number of hydrogen-bond acceptors (Lipinski definition) is 6. The van der Waals surface area contributed by atoms with Crippen LogP contribution in [0.15, 0.2) is 47.5 Å². The van der Waals surface area contributed by atoms with Crippen molar-refractivity contribution in [1.82, 2.24) is 0 Å². The number of anilines is 1. The number of hydrogen-bond donors (Lipinski definition) is 1. The monoisotopic (exact) mass is 459 g/mol. The number of aryl methyl sites for hydroxylation is 2. The van der Waals surface area contributed by atoms with Gasteiger partial charge in [0.1, 0.15) is 11.1 Å². The number of nitriles is 1. The first-order valence-electron chi connectivity index (χ1n) is 10.8. The van der Waals surface area contributed by atoms with E-state index in [4.69, 9.17) is 9.47 Å². The van der Waals surface area contributed by atoms with E-state index in [2.05, 4.69) is 16.4 Å². The van der Waals surface area contributed by atoms with Gasteiger partial charge in [-0.3, -0.25) is 4.79 Å². The fraction of sp³-hybridized carbons (Fsp3) is 0.269. The van der Waals surface area contributed by atoms with Gasteiger partial charge >= 0.3 is 0 Å². The average molecular weight is 460 g/mol. The summed E-state index contributed by atoms with van der Waals surface area (Å²) in [5.74, 6) is 0.732. The Hall–Kier alpha value is -3.63. The molecular weight excluding hydrogens is 434 g/mol. The van der Waals surface area contributed by atoms with Crippen LogP contribution in [0.1, 0.15) is 40.0 Å². The number of amides is 1. The molecule has 0 atom stereocenters. The van der Waals surface area contributed by atoms with Crippen molar-refractivity contribution in [2.45, 2.75) is 32.6 Å². The Balaban J connectivity index is 1.44. The summed E-state index contributed by atoms with van der Waals surface area (Å²) in [5.41, 5.74) is 4.44. The van der Waals surface area contributed by atoms with E-state index in [1.54, 1.807) is 36.8 Å². The first kappa shape index (κ1) is 22.6. The SMILES string of the molecule is COc1cc(C=Nc2sc3c(c2C#N)CCCC3)ccc1OCC(=O)Nc1ccccc1C. The Kier molecular flexibility index (Phi) is 7.06. The summed E-state index contributed by atoms with van der Waals surface area (Å²) < 4.78 is 11.1. The minimum absolute atomic E-state index is 0.135. The van der Waals surface area contributed by atoms with Gasteiger partial charge in [0.2, 0.25) is 0 Å². The largest absolute Gasteiger partial charge is 0.493 e. The van der Waals surface area contributed by atoms with E-state index in [9.17, 15) is 10.1 Å². The molecule has 1 aliphatic rings. The number of carbonyl (C=O) groups is 1. The lowest BCUT2D eigenvalue weighted by atomic mass is 9.96. The summed E-state index contributed by atoms with van der Waals surface area (Å²) in [5, 5.41) is 13.2. The van der Waals surface area contributed by atoms with Crippen LogP contribution in [0.4, 0.5) is 10.7 Å². The summed E-state index contributed by atoms with van der Waals surface area (Å²) in [6.07, 6.45) is 6.02. The second-order valence-electron chi connectivity index (χ2n) is 7.82. The first-order valence-corrected chi connectivity index (χ1v) is 11.7. The molecule has 0 saturated heterocycles. The van der Waals surface area contributed by atoms with Crippen molar-refractivity contribution in [3.63, 3.8) is 0 Å². The molecule has 1 aliphatic carbocycles. The zero-order valence-corrected chi connectivity index (χ0v) is 19.5. The second kappa shape index (κ2) is 10.3. The van der Waals surface area contributed by atoms with E-state index in [1.165, 1.54) is 16.9 Å². The summed E-state index contributed by atoms with van der Waals surface area (Å²) in [7, 11) is 1.55. The number of aliphatic imine (C=N–C) groups is 1. The third-order valence-corrected chi connectivity index (χ3v) is 6.76. The minimum atomic E-state index is -0.248. The Labute approximate surface area is 197 Å². The number of thiophene rings is 1. The van der Waals surface area contributed by atoms with Crippen LogP contribution >= 0.6 is 11.3 Å². The van der Waals surface area contributed by atoms with Gasteiger partial charge in [0, 0.05) is 16.8 Å². The molecule has 1 heterocycles. The number of methoxy groups -OCH3 is 1. The Morgan fingerprint density at radius 2 is 2.03 bits per heavy atom. The smallest absolute Gasteiger partial charge is 0.262 e. The predicted octanol–water partition coefficient (Wildman–Crippen LogP) is 5.58. The van der Waals surface area contributed by atoms with Gasteiger partial charge < -0.3 is 14.8 Å². The maximum absolute atomic E-state index is 12.3. The third kappa shape index (κ3) is 5.24. The number of rotatable bonds is 7. The molecule has 2 aromatic carbocycles. The molecule has 0 radical (unpaired) electrons. The van der Waals surface area contributed by atoms with Gasteiger partial charge in [-0.15, -0.1) is 11.3 Å². The van der Waals surface area contributed by atoms with Crippen molar-refractivity contribution in [2.75, 3.05) is 19.0 Å². The number of para-hydroxylation sites is 1. The topological polar surface area (TPSA) is 83.7 Å². The molecule has 0 saturated carbocycles. The summed E-state index contributed by atoms with van der Waals surface area (Å²) >= 11 is 1.61. The van der Waals surface area contributed by atoms with E-state index >= 15 is 0 Å². The Bertz CT molecular complexity index is 1240. The van der Waals surface area contributed by atoms with Crippen LogP contribution in [0.25, 0.3) is 0 Å². The highest BCUT2D eigenvalue weighted by molar-refractivity contribution is 7.16. The van der Waals surface area contributed by atoms with Crippen molar-refractivity contribution in [2.24, 2.45) is 4.99 Å². The first-order chi connectivity index (χ1) is 16.1. The quantitative estimate of drug-likeness (QED) is 0.467. The highest BCUT2D eigenvalue weighted by atomic mass is 32.1. The van der Waals surface area contributed by atoms with Crippen LogP contribution < -0.4 is 14.8 Å². The number of nitrogens with one attached hydrogen (secondary N) is 1. The zero-order chi connectivity index (χ0) is 23.2. The highest BCUT2D eigenvalue weighted by Gasteiger charge is 2.20. The van der Waals surface area contributed by atoms with Gasteiger partial charge in [-0.05, 0) is 73.6 Å². The molecule has 4 rings (SSSR count). The van der Waals surface area contributed by atoms with Crippen LogP contribution in [0.5, 0.6) is 11.5 Å². The highest BCUT2D eigenvalue weighted by Crippen LogP contribution is 2.39. The Morgan fingerprint density at radius 1 is 1.21 bits per heavy atom. The molecule has 7 heteroatoms. The van der Waals surface area contributed by atoms with Crippen molar-refractivity contribution in [3.05, 3.63) is 69.6 Å². The standard InChI is InChI=1S/C26H25N3O3S/c1-17-7-3-5-9-21(17)29-25(30)16-32-22-12-11-18(13-23(22)31-2)15-28-26-20(14-27)19-8-4-6-10-24(19)33-26/h3,5,7,9,11-13,15H,4,6,8,10,16H2,1-2H3,(H,29,30). The molecule has 168 valence electrons. The van der Waals surface area contributed by atoms with E-state index < -0.39 is 0 Å². The molecule has 1 aromatic heterocycles. The molecule has 33 heavy (non-hydrogen) atoms. The van der Waals surface area contributed by atoms with Crippen molar-refractivity contribution in [3.8, 4) is 17.6 Å². The molecule has 0 fully saturated rings. The van der Waals surface area contributed by atoms with Gasteiger partial charge in [0.15, 0.2) is 18.1 Å². The van der Waals surface area contributed by atoms with Gasteiger partial charge in [0.05, 0.1) is 12.7 Å². The molecule has 1 N–H and O–H groups in total. The number of ether oxygens (including phenoxy) is 2. The van der Waals surface area contributed by atoms with Gasteiger partial charge in [-0.2, -0.15) is 5.26 Å². The van der Waals surface area contributed by atoms with Crippen LogP contribution in [-0.4, -0.2) is 25.8 Å². The van der Waals surface area contributed by atoms with E-state index in [0.717, 1.165) is 41.1 Å². The van der Waals surface area contributed by atoms with Crippen molar-refractivity contribution >= 4 is 34.1 Å². The average Bonchev–Trinajstić information content (AvgIpc) is 3.20. The Morgan fingerprint density at radius 3 is 2.82 bits per heavy atom. The molecule has 3 aromatic rings. The second-order valence-corrected chi connectivity index (χ2v) is 8.91. The summed E-state index contributed by atoms with van der Waals surface area (Å²) in [4.78, 5) is 18.2. The predicted molar refractivity (Wildman–Crippen MR) is 131 cm³/mol. The number of benzene rings is 2. The van der Waals surface area contributed by atoms with E-state index in [0.29, 0.717) is 17.1 Å². The molecule has 0 spiro atoms. The summed E-state index contributed by atoms with van der Waals surface area (Å²) in [6, 6.07) is 15.3.